The molecule has 4 nitrogen and oxygen atoms in total. The van der Waals surface area contributed by atoms with E-state index in [9.17, 15) is 9.18 Å². The molecule has 0 spiro atoms. The SMILES string of the molecule is O=C(CC1CC2CCC(C1)N2)NC1CCCN(c2cccc(F)c2)C1. The summed E-state index contributed by atoms with van der Waals surface area (Å²) in [6, 6.07) is 8.18. The molecule has 3 unspecified atom stereocenters. The van der Waals surface area contributed by atoms with Gasteiger partial charge in [-0.2, -0.15) is 0 Å². The summed E-state index contributed by atoms with van der Waals surface area (Å²) in [7, 11) is 0. The average molecular weight is 345 g/mol. The number of nitrogens with zero attached hydrogens (tertiary/aromatic N) is 1. The second-order valence-electron chi connectivity index (χ2n) is 8.01. The van der Waals surface area contributed by atoms with Gasteiger partial charge in [0.25, 0.3) is 0 Å². The molecule has 0 radical (unpaired) electrons. The lowest BCUT2D eigenvalue weighted by Crippen LogP contribution is -2.48. The molecule has 4 rings (SSSR count). The van der Waals surface area contributed by atoms with Gasteiger partial charge >= 0.3 is 0 Å². The maximum absolute atomic E-state index is 13.5. The lowest BCUT2D eigenvalue weighted by molar-refractivity contribution is -0.123. The van der Waals surface area contributed by atoms with Crippen molar-refractivity contribution in [1.29, 1.82) is 0 Å². The highest BCUT2D eigenvalue weighted by Crippen LogP contribution is 2.32. The molecule has 3 aliphatic rings. The molecule has 25 heavy (non-hydrogen) atoms. The van der Waals surface area contributed by atoms with Crippen molar-refractivity contribution in [2.75, 3.05) is 18.0 Å². The van der Waals surface area contributed by atoms with Crippen molar-refractivity contribution in [2.24, 2.45) is 5.92 Å². The number of fused-ring (bicyclic) bond motifs is 2. The fraction of sp³-hybridized carbons (Fsp3) is 0.650. The highest BCUT2D eigenvalue weighted by molar-refractivity contribution is 5.76. The van der Waals surface area contributed by atoms with Gasteiger partial charge in [0.1, 0.15) is 5.82 Å². The van der Waals surface area contributed by atoms with Crippen LogP contribution in [0.3, 0.4) is 0 Å². The first kappa shape index (κ1) is 16.8. The summed E-state index contributed by atoms with van der Waals surface area (Å²) in [6.07, 6.45) is 7.52. The minimum absolute atomic E-state index is 0.169. The normalized spacial score (nSPS) is 31.8. The van der Waals surface area contributed by atoms with Gasteiger partial charge in [-0.25, -0.2) is 4.39 Å². The summed E-state index contributed by atoms with van der Waals surface area (Å²) in [5.41, 5.74) is 0.911. The quantitative estimate of drug-likeness (QED) is 0.882. The van der Waals surface area contributed by atoms with Crippen molar-refractivity contribution in [3.05, 3.63) is 30.1 Å². The minimum atomic E-state index is -0.204. The number of hydrogen-bond acceptors (Lipinski definition) is 3. The number of benzene rings is 1. The van der Waals surface area contributed by atoms with E-state index in [0.29, 0.717) is 24.4 Å². The topological polar surface area (TPSA) is 44.4 Å². The van der Waals surface area contributed by atoms with Crippen LogP contribution in [0.2, 0.25) is 0 Å². The molecule has 3 saturated heterocycles. The van der Waals surface area contributed by atoms with E-state index in [-0.39, 0.29) is 17.8 Å². The summed E-state index contributed by atoms with van der Waals surface area (Å²) in [5.74, 6) is 0.517. The third-order valence-corrected chi connectivity index (χ3v) is 6.00. The molecule has 2 bridgehead atoms. The van der Waals surface area contributed by atoms with Gasteiger partial charge in [-0.1, -0.05) is 6.07 Å². The van der Waals surface area contributed by atoms with Crippen molar-refractivity contribution in [3.8, 4) is 0 Å². The van der Waals surface area contributed by atoms with Gasteiger partial charge in [-0.3, -0.25) is 4.79 Å². The van der Waals surface area contributed by atoms with E-state index in [1.54, 1.807) is 12.1 Å². The molecular formula is C20H28FN3O. The van der Waals surface area contributed by atoms with Gasteiger partial charge < -0.3 is 15.5 Å². The summed E-state index contributed by atoms with van der Waals surface area (Å²) < 4.78 is 13.5. The number of anilines is 1. The van der Waals surface area contributed by atoms with Crippen LogP contribution in [-0.4, -0.2) is 37.1 Å². The second kappa shape index (κ2) is 7.32. The Morgan fingerprint density at radius 3 is 2.80 bits per heavy atom. The molecule has 136 valence electrons. The van der Waals surface area contributed by atoms with Crippen LogP contribution in [0.25, 0.3) is 0 Å². The summed E-state index contributed by atoms with van der Waals surface area (Å²) in [5, 5.41) is 6.87. The number of piperidine rings is 2. The maximum atomic E-state index is 13.5. The van der Waals surface area contributed by atoms with Crippen molar-refractivity contribution in [1.82, 2.24) is 10.6 Å². The van der Waals surface area contributed by atoms with Gasteiger partial charge in [0.05, 0.1) is 0 Å². The van der Waals surface area contributed by atoms with Gasteiger partial charge in [0.2, 0.25) is 5.91 Å². The Morgan fingerprint density at radius 1 is 1.24 bits per heavy atom. The monoisotopic (exact) mass is 345 g/mol. The van der Waals surface area contributed by atoms with E-state index in [0.717, 1.165) is 44.5 Å². The van der Waals surface area contributed by atoms with Crippen LogP contribution < -0.4 is 15.5 Å². The molecule has 1 amide bonds. The van der Waals surface area contributed by atoms with Crippen molar-refractivity contribution in [2.45, 2.75) is 63.1 Å². The average Bonchev–Trinajstić information content (AvgIpc) is 2.93. The molecule has 5 heteroatoms. The first-order valence-electron chi connectivity index (χ1n) is 9.71. The number of hydrogen-bond donors (Lipinski definition) is 2. The molecule has 0 aromatic heterocycles. The smallest absolute Gasteiger partial charge is 0.220 e. The molecular weight excluding hydrogens is 317 g/mol. The van der Waals surface area contributed by atoms with Gasteiger partial charge in [0.15, 0.2) is 0 Å². The van der Waals surface area contributed by atoms with E-state index in [4.69, 9.17) is 0 Å². The predicted octanol–water partition coefficient (Wildman–Crippen LogP) is 2.83. The number of carbonyl (C=O) groups excluding carboxylic acids is 1. The number of nitrogens with one attached hydrogen (secondary N) is 2. The van der Waals surface area contributed by atoms with Crippen molar-refractivity contribution in [3.63, 3.8) is 0 Å². The Hall–Kier alpha value is -1.62. The zero-order valence-electron chi connectivity index (χ0n) is 14.7. The van der Waals surface area contributed by atoms with E-state index in [1.165, 1.54) is 18.9 Å². The van der Waals surface area contributed by atoms with Gasteiger partial charge in [-0.15, -0.1) is 0 Å². The Bertz CT molecular complexity index is 611. The van der Waals surface area contributed by atoms with Gasteiger partial charge in [0, 0.05) is 43.3 Å². The number of halogens is 1. The van der Waals surface area contributed by atoms with Crippen molar-refractivity contribution >= 4 is 11.6 Å². The standard InChI is InChI=1S/C20H28FN3O/c21-15-3-1-5-19(12-15)24-8-2-4-18(13-24)23-20(25)11-14-9-16-6-7-17(10-14)22-16/h1,3,5,12,14,16-18,22H,2,4,6-11,13H2,(H,23,25). The molecule has 3 heterocycles. The van der Waals surface area contributed by atoms with Crippen LogP contribution >= 0.6 is 0 Å². The lowest BCUT2D eigenvalue weighted by atomic mass is 9.89. The Kier molecular flexibility index (Phi) is 4.93. The maximum Gasteiger partial charge on any atom is 0.220 e. The number of rotatable bonds is 4. The Balaban J connectivity index is 1.29. The van der Waals surface area contributed by atoms with Crippen LogP contribution in [0.4, 0.5) is 10.1 Å². The molecule has 3 fully saturated rings. The number of carbonyl (C=O) groups is 1. The lowest BCUT2D eigenvalue weighted by Gasteiger charge is -2.35. The third kappa shape index (κ3) is 4.14. The summed E-state index contributed by atoms with van der Waals surface area (Å²) in [4.78, 5) is 14.7. The number of amides is 1. The molecule has 3 aliphatic heterocycles. The molecule has 2 N–H and O–H groups in total. The van der Waals surface area contributed by atoms with E-state index in [1.807, 2.05) is 6.07 Å². The first-order valence-corrected chi connectivity index (χ1v) is 9.71. The largest absolute Gasteiger partial charge is 0.369 e. The summed E-state index contributed by atoms with van der Waals surface area (Å²) >= 11 is 0. The first-order chi connectivity index (χ1) is 12.2. The highest BCUT2D eigenvalue weighted by atomic mass is 19.1. The minimum Gasteiger partial charge on any atom is -0.369 e. The Labute approximate surface area is 149 Å². The summed E-state index contributed by atoms with van der Waals surface area (Å²) in [6.45, 7) is 1.69. The van der Waals surface area contributed by atoms with Gasteiger partial charge in [-0.05, 0) is 62.6 Å². The predicted molar refractivity (Wildman–Crippen MR) is 97.1 cm³/mol. The Morgan fingerprint density at radius 2 is 2.04 bits per heavy atom. The molecule has 1 aromatic carbocycles. The van der Waals surface area contributed by atoms with Crippen LogP contribution in [0, 0.1) is 11.7 Å². The van der Waals surface area contributed by atoms with Crippen LogP contribution in [0.1, 0.15) is 44.9 Å². The highest BCUT2D eigenvalue weighted by Gasteiger charge is 2.34. The fourth-order valence-electron chi connectivity index (χ4n) is 4.89. The molecule has 3 atom stereocenters. The second-order valence-corrected chi connectivity index (χ2v) is 8.01. The fourth-order valence-corrected chi connectivity index (χ4v) is 4.89. The zero-order valence-corrected chi connectivity index (χ0v) is 14.7. The van der Waals surface area contributed by atoms with Crippen LogP contribution in [-0.2, 0) is 4.79 Å². The van der Waals surface area contributed by atoms with Crippen molar-refractivity contribution < 1.29 is 9.18 Å². The molecule has 0 saturated carbocycles. The molecule has 1 aromatic rings. The van der Waals surface area contributed by atoms with Crippen LogP contribution in [0.5, 0.6) is 0 Å². The zero-order chi connectivity index (χ0) is 17.2. The third-order valence-electron chi connectivity index (χ3n) is 6.00. The van der Waals surface area contributed by atoms with Crippen LogP contribution in [0.15, 0.2) is 24.3 Å². The molecule has 0 aliphatic carbocycles. The van der Waals surface area contributed by atoms with E-state index < -0.39 is 0 Å². The van der Waals surface area contributed by atoms with E-state index in [2.05, 4.69) is 15.5 Å². The van der Waals surface area contributed by atoms with E-state index >= 15 is 0 Å².